The Balaban J connectivity index is 0. The second kappa shape index (κ2) is 21.1. The van der Waals surface area contributed by atoms with Gasteiger partial charge in [-0.15, -0.1) is 0 Å². The van der Waals surface area contributed by atoms with Crippen LogP contribution in [0, 0.1) is 0 Å². The SMILES string of the molecule is CCCCCCCC.CCCCCCCC([Si](OC)(OC)OC)[Si](OC)(OC)OC. The Kier molecular flexibility index (Phi) is 22.7. The van der Waals surface area contributed by atoms with Crippen molar-refractivity contribution < 1.29 is 26.6 Å². The van der Waals surface area contributed by atoms with Crippen LogP contribution in [0.4, 0.5) is 0 Å². The van der Waals surface area contributed by atoms with Gasteiger partial charge in [0.2, 0.25) is 0 Å². The molecule has 184 valence electrons. The van der Waals surface area contributed by atoms with Gasteiger partial charge in [-0.25, -0.2) is 0 Å². The lowest BCUT2D eigenvalue weighted by Crippen LogP contribution is -2.62. The number of hydrogen-bond donors (Lipinski definition) is 0. The van der Waals surface area contributed by atoms with E-state index >= 15 is 0 Å². The van der Waals surface area contributed by atoms with E-state index in [1.165, 1.54) is 57.8 Å². The molecule has 0 unspecified atom stereocenters. The Bertz CT molecular complexity index is 310. The third-order valence-corrected chi connectivity index (χ3v) is 13.4. The highest BCUT2D eigenvalue weighted by Crippen LogP contribution is 2.39. The predicted octanol–water partition coefficient (Wildman–Crippen LogP) is 6.38. The van der Waals surface area contributed by atoms with Crippen LogP contribution in [0.2, 0.25) is 5.16 Å². The van der Waals surface area contributed by atoms with E-state index in [1.807, 2.05) is 0 Å². The summed E-state index contributed by atoms with van der Waals surface area (Å²) >= 11 is 0. The van der Waals surface area contributed by atoms with E-state index in [2.05, 4.69) is 20.8 Å². The maximum atomic E-state index is 5.68. The molecule has 0 fully saturated rings. The standard InChI is InChI=1S/C14H34O6Si2.C8H18/c1-8-9-10-11-12-13-14(21(15-2,16-3)17-4)22(18-5,19-6)20-7;1-3-5-7-8-6-4-2/h14H,8-13H2,1-7H3;3-8H2,1-2H3. The van der Waals surface area contributed by atoms with Crippen molar-refractivity contribution in [3.8, 4) is 0 Å². The molecule has 0 bridgehead atoms. The van der Waals surface area contributed by atoms with Crippen LogP contribution in [-0.4, -0.2) is 60.3 Å². The third-order valence-electron chi connectivity index (χ3n) is 5.61. The summed E-state index contributed by atoms with van der Waals surface area (Å²) in [5.74, 6) is 0. The molecule has 0 aromatic heterocycles. The van der Waals surface area contributed by atoms with Gasteiger partial charge < -0.3 is 26.6 Å². The van der Waals surface area contributed by atoms with Crippen LogP contribution in [0.25, 0.3) is 0 Å². The van der Waals surface area contributed by atoms with Gasteiger partial charge >= 0.3 is 17.6 Å². The summed E-state index contributed by atoms with van der Waals surface area (Å²) in [6, 6.07) is 0. The molecule has 0 radical (unpaired) electrons. The molecular weight excluding hydrogens is 416 g/mol. The van der Waals surface area contributed by atoms with Gasteiger partial charge in [0.15, 0.2) is 0 Å². The fourth-order valence-corrected chi connectivity index (χ4v) is 11.4. The molecule has 8 heteroatoms. The molecule has 0 saturated carbocycles. The van der Waals surface area contributed by atoms with Crippen LogP contribution in [0.1, 0.15) is 97.8 Å². The molecule has 30 heavy (non-hydrogen) atoms. The summed E-state index contributed by atoms with van der Waals surface area (Å²) in [6.07, 6.45) is 15.2. The van der Waals surface area contributed by atoms with E-state index in [4.69, 9.17) is 26.6 Å². The highest BCUT2D eigenvalue weighted by atomic mass is 28.5. The molecule has 0 N–H and O–H groups in total. The zero-order chi connectivity index (χ0) is 23.3. The van der Waals surface area contributed by atoms with E-state index in [9.17, 15) is 0 Å². The predicted molar refractivity (Wildman–Crippen MR) is 130 cm³/mol. The van der Waals surface area contributed by atoms with Gasteiger partial charge in [0.25, 0.3) is 0 Å². The van der Waals surface area contributed by atoms with Crippen molar-refractivity contribution in [3.05, 3.63) is 0 Å². The molecule has 0 spiro atoms. The van der Waals surface area contributed by atoms with Crippen molar-refractivity contribution >= 4 is 17.6 Å². The summed E-state index contributed by atoms with van der Waals surface area (Å²) in [5, 5.41) is -0.137. The Morgan fingerprint density at radius 3 is 0.933 bits per heavy atom. The fraction of sp³-hybridized carbons (Fsp3) is 1.00. The first-order valence-electron chi connectivity index (χ1n) is 11.8. The Morgan fingerprint density at radius 2 is 0.700 bits per heavy atom. The minimum atomic E-state index is -2.93. The Labute approximate surface area is 190 Å². The first-order valence-corrected chi connectivity index (χ1v) is 15.4. The van der Waals surface area contributed by atoms with Crippen LogP contribution in [-0.2, 0) is 26.6 Å². The number of rotatable bonds is 19. The molecule has 0 aliphatic carbocycles. The maximum Gasteiger partial charge on any atom is 0.507 e. The minimum absolute atomic E-state index is 0.137. The minimum Gasteiger partial charge on any atom is -0.377 e. The first-order chi connectivity index (χ1) is 14.5. The quantitative estimate of drug-likeness (QED) is 0.162. The zero-order valence-corrected chi connectivity index (χ0v) is 23.5. The molecule has 0 aliphatic heterocycles. The second-order valence-electron chi connectivity index (χ2n) is 7.60. The lowest BCUT2D eigenvalue weighted by molar-refractivity contribution is 0.0778. The molecular formula is C22H52O6Si2. The van der Waals surface area contributed by atoms with Crippen molar-refractivity contribution in [2.75, 3.05) is 42.7 Å². The maximum absolute atomic E-state index is 5.68. The Hall–Kier alpha value is 0.194. The summed E-state index contributed by atoms with van der Waals surface area (Å²) in [7, 11) is 3.83. The van der Waals surface area contributed by atoms with Crippen molar-refractivity contribution in [2.24, 2.45) is 0 Å². The van der Waals surface area contributed by atoms with Gasteiger partial charge in [0.1, 0.15) is 0 Å². The molecule has 0 rings (SSSR count). The number of hydrogen-bond acceptors (Lipinski definition) is 6. The van der Waals surface area contributed by atoms with Crippen molar-refractivity contribution in [3.63, 3.8) is 0 Å². The van der Waals surface area contributed by atoms with Crippen molar-refractivity contribution in [2.45, 2.75) is 103 Å². The monoisotopic (exact) mass is 468 g/mol. The highest BCUT2D eigenvalue weighted by Gasteiger charge is 2.63. The van der Waals surface area contributed by atoms with Crippen LogP contribution in [0.5, 0.6) is 0 Å². The first kappa shape index (κ1) is 32.4. The lowest BCUT2D eigenvalue weighted by Gasteiger charge is -2.39. The van der Waals surface area contributed by atoms with Gasteiger partial charge in [0, 0.05) is 42.7 Å². The summed E-state index contributed by atoms with van der Waals surface area (Å²) < 4.78 is 34.1. The second-order valence-corrected chi connectivity index (χ2v) is 14.4. The summed E-state index contributed by atoms with van der Waals surface area (Å²) in [5.41, 5.74) is 0. The average molecular weight is 469 g/mol. The molecule has 0 amide bonds. The average Bonchev–Trinajstić information content (AvgIpc) is 2.79. The zero-order valence-electron chi connectivity index (χ0n) is 21.5. The summed E-state index contributed by atoms with van der Waals surface area (Å²) in [4.78, 5) is 0. The topological polar surface area (TPSA) is 55.4 Å². The van der Waals surface area contributed by atoms with Gasteiger partial charge in [0.05, 0.1) is 5.16 Å². The lowest BCUT2D eigenvalue weighted by atomic mass is 10.1. The molecule has 0 saturated heterocycles. The van der Waals surface area contributed by atoms with E-state index in [1.54, 1.807) is 42.7 Å². The largest absolute Gasteiger partial charge is 0.507 e. The summed E-state index contributed by atoms with van der Waals surface area (Å²) in [6.45, 7) is 6.72. The van der Waals surface area contributed by atoms with Gasteiger partial charge in [-0.05, 0) is 6.42 Å². The van der Waals surface area contributed by atoms with Gasteiger partial charge in [-0.3, -0.25) is 0 Å². The third kappa shape index (κ3) is 11.7. The van der Waals surface area contributed by atoms with Crippen molar-refractivity contribution in [1.82, 2.24) is 0 Å². The fourth-order valence-electron chi connectivity index (χ4n) is 3.73. The van der Waals surface area contributed by atoms with Crippen LogP contribution in [0.15, 0.2) is 0 Å². The molecule has 0 aromatic carbocycles. The van der Waals surface area contributed by atoms with E-state index in [0.29, 0.717) is 0 Å². The smallest absolute Gasteiger partial charge is 0.377 e. The van der Waals surface area contributed by atoms with E-state index < -0.39 is 17.6 Å². The molecule has 6 nitrogen and oxygen atoms in total. The normalized spacial score (nSPS) is 12.2. The van der Waals surface area contributed by atoms with E-state index in [-0.39, 0.29) is 5.16 Å². The highest BCUT2D eigenvalue weighted by molar-refractivity contribution is 6.82. The van der Waals surface area contributed by atoms with E-state index in [0.717, 1.165) is 19.3 Å². The van der Waals surface area contributed by atoms with Crippen molar-refractivity contribution in [1.29, 1.82) is 0 Å². The van der Waals surface area contributed by atoms with Crippen LogP contribution >= 0.6 is 0 Å². The Morgan fingerprint density at radius 1 is 0.433 bits per heavy atom. The molecule has 0 aromatic rings. The molecule has 0 heterocycles. The van der Waals surface area contributed by atoms with Crippen LogP contribution in [0.3, 0.4) is 0 Å². The van der Waals surface area contributed by atoms with Gasteiger partial charge in [-0.2, -0.15) is 0 Å². The van der Waals surface area contributed by atoms with Crippen LogP contribution < -0.4 is 0 Å². The van der Waals surface area contributed by atoms with Gasteiger partial charge in [-0.1, -0.05) is 91.4 Å². The molecule has 0 aliphatic rings. The number of unbranched alkanes of at least 4 members (excludes halogenated alkanes) is 9. The molecule has 0 atom stereocenters.